The summed E-state index contributed by atoms with van der Waals surface area (Å²) in [5.74, 6) is -1.19. The van der Waals surface area contributed by atoms with E-state index in [1.807, 2.05) is 11.8 Å². The smallest absolute Gasteiger partial charge is 0.327 e. The summed E-state index contributed by atoms with van der Waals surface area (Å²) in [4.78, 5) is 24.1. The number of imidazole rings is 1. The fraction of sp³-hybridized carbons (Fsp3) is 0.294. The van der Waals surface area contributed by atoms with Crippen molar-refractivity contribution >= 4 is 16.9 Å². The SMILES string of the molecule is Cc1c(CN2CCc3[nH]cnc3C2C(=O)O)[nH]c2ccc(F)cc12. The summed E-state index contributed by atoms with van der Waals surface area (Å²) in [6.07, 6.45) is 2.27. The lowest BCUT2D eigenvalue weighted by molar-refractivity contribution is -0.144. The zero-order valence-corrected chi connectivity index (χ0v) is 13.1. The Hall–Kier alpha value is -2.67. The van der Waals surface area contributed by atoms with E-state index in [2.05, 4.69) is 15.0 Å². The van der Waals surface area contributed by atoms with Gasteiger partial charge in [0.15, 0.2) is 6.04 Å². The van der Waals surface area contributed by atoms with E-state index in [9.17, 15) is 14.3 Å². The predicted octanol–water partition coefficient (Wildman–Crippen LogP) is 2.52. The average Bonchev–Trinajstić information content (AvgIpc) is 3.13. The first-order chi connectivity index (χ1) is 11.5. The second-order valence-electron chi connectivity index (χ2n) is 6.15. The molecule has 0 fully saturated rings. The summed E-state index contributed by atoms with van der Waals surface area (Å²) in [6, 6.07) is 3.85. The van der Waals surface area contributed by atoms with E-state index in [-0.39, 0.29) is 5.82 Å². The Balaban J connectivity index is 1.70. The Bertz CT molecular complexity index is 930. The lowest BCUT2D eigenvalue weighted by atomic mass is 10.0. The Labute approximate surface area is 137 Å². The molecule has 0 spiro atoms. The van der Waals surface area contributed by atoms with E-state index in [1.165, 1.54) is 12.1 Å². The number of aromatic nitrogens is 3. The number of hydrogen-bond donors (Lipinski definition) is 3. The second kappa shape index (κ2) is 5.45. The minimum Gasteiger partial charge on any atom is -0.480 e. The zero-order chi connectivity index (χ0) is 16.8. The number of aliphatic carboxylic acids is 1. The normalized spacial score (nSPS) is 18.0. The van der Waals surface area contributed by atoms with Crippen LogP contribution in [0.15, 0.2) is 24.5 Å². The van der Waals surface area contributed by atoms with Crippen LogP contribution in [0.3, 0.4) is 0 Å². The quantitative estimate of drug-likeness (QED) is 0.690. The van der Waals surface area contributed by atoms with E-state index in [4.69, 9.17) is 0 Å². The molecule has 6 nitrogen and oxygen atoms in total. The van der Waals surface area contributed by atoms with E-state index >= 15 is 0 Å². The summed E-state index contributed by atoms with van der Waals surface area (Å²) in [5.41, 5.74) is 4.16. The summed E-state index contributed by atoms with van der Waals surface area (Å²) < 4.78 is 13.5. The highest BCUT2D eigenvalue weighted by Gasteiger charge is 2.35. The third-order valence-electron chi connectivity index (χ3n) is 4.74. The van der Waals surface area contributed by atoms with Gasteiger partial charge in [0.1, 0.15) is 5.82 Å². The number of carbonyl (C=O) groups is 1. The van der Waals surface area contributed by atoms with Crippen molar-refractivity contribution in [2.24, 2.45) is 0 Å². The van der Waals surface area contributed by atoms with Gasteiger partial charge in [-0.3, -0.25) is 9.69 Å². The van der Waals surface area contributed by atoms with Crippen LogP contribution >= 0.6 is 0 Å². The number of halogens is 1. The molecule has 0 amide bonds. The van der Waals surface area contributed by atoms with Crippen molar-refractivity contribution in [3.8, 4) is 0 Å². The number of benzene rings is 1. The third kappa shape index (κ3) is 2.28. The predicted molar refractivity (Wildman–Crippen MR) is 86.1 cm³/mol. The number of aryl methyl sites for hydroxylation is 1. The highest BCUT2D eigenvalue weighted by molar-refractivity contribution is 5.84. The largest absolute Gasteiger partial charge is 0.480 e. The average molecular weight is 328 g/mol. The van der Waals surface area contributed by atoms with Crippen LogP contribution in [0.25, 0.3) is 10.9 Å². The minimum atomic E-state index is -0.914. The first-order valence-electron chi connectivity index (χ1n) is 7.80. The number of hydrogen-bond acceptors (Lipinski definition) is 3. The topological polar surface area (TPSA) is 85.0 Å². The molecule has 4 rings (SSSR count). The number of rotatable bonds is 3. The zero-order valence-electron chi connectivity index (χ0n) is 13.1. The van der Waals surface area contributed by atoms with E-state index in [1.54, 1.807) is 12.4 Å². The van der Waals surface area contributed by atoms with E-state index < -0.39 is 12.0 Å². The lowest BCUT2D eigenvalue weighted by Gasteiger charge is -2.31. The molecule has 0 bridgehead atoms. The molecule has 24 heavy (non-hydrogen) atoms. The second-order valence-corrected chi connectivity index (χ2v) is 6.15. The summed E-state index contributed by atoms with van der Waals surface area (Å²) in [5, 5.41) is 10.5. The van der Waals surface area contributed by atoms with Gasteiger partial charge in [0, 0.05) is 41.8 Å². The molecular formula is C17H17FN4O2. The van der Waals surface area contributed by atoms with Gasteiger partial charge in [-0.15, -0.1) is 0 Å². The minimum absolute atomic E-state index is 0.279. The van der Waals surface area contributed by atoms with Crippen molar-refractivity contribution < 1.29 is 14.3 Å². The molecule has 0 saturated heterocycles. The van der Waals surface area contributed by atoms with Crippen LogP contribution < -0.4 is 0 Å². The molecule has 2 aromatic heterocycles. The molecule has 1 aliphatic rings. The van der Waals surface area contributed by atoms with Gasteiger partial charge in [0.2, 0.25) is 0 Å². The summed E-state index contributed by atoms with van der Waals surface area (Å²) in [7, 11) is 0. The van der Waals surface area contributed by atoms with Gasteiger partial charge in [-0.25, -0.2) is 9.37 Å². The molecule has 124 valence electrons. The molecule has 1 atom stereocenters. The monoisotopic (exact) mass is 328 g/mol. The van der Waals surface area contributed by atoms with Crippen LogP contribution in [0, 0.1) is 12.7 Å². The molecular weight excluding hydrogens is 311 g/mol. The van der Waals surface area contributed by atoms with Crippen LogP contribution in [0.4, 0.5) is 4.39 Å². The Morgan fingerprint density at radius 2 is 2.33 bits per heavy atom. The number of nitrogens with zero attached hydrogens (tertiary/aromatic N) is 2. The number of carboxylic acid groups (broad SMARTS) is 1. The lowest BCUT2D eigenvalue weighted by Crippen LogP contribution is -2.39. The fourth-order valence-corrected chi connectivity index (χ4v) is 3.48. The molecule has 0 saturated carbocycles. The summed E-state index contributed by atoms with van der Waals surface area (Å²) in [6.45, 7) is 2.99. The molecule has 1 unspecified atom stereocenters. The Kier molecular flexibility index (Phi) is 3.38. The first kappa shape index (κ1) is 14.9. The van der Waals surface area contributed by atoms with Gasteiger partial charge in [0.05, 0.1) is 12.0 Å². The third-order valence-corrected chi connectivity index (χ3v) is 4.74. The fourth-order valence-electron chi connectivity index (χ4n) is 3.48. The molecule has 3 heterocycles. The van der Waals surface area contributed by atoms with Crippen molar-refractivity contribution in [1.29, 1.82) is 0 Å². The molecule has 1 aromatic carbocycles. The molecule has 1 aliphatic heterocycles. The van der Waals surface area contributed by atoms with Crippen molar-refractivity contribution in [3.05, 3.63) is 53.0 Å². The van der Waals surface area contributed by atoms with Gasteiger partial charge in [-0.05, 0) is 30.7 Å². The van der Waals surface area contributed by atoms with Gasteiger partial charge < -0.3 is 15.1 Å². The van der Waals surface area contributed by atoms with Gasteiger partial charge in [0.25, 0.3) is 0 Å². The molecule has 0 aliphatic carbocycles. The number of fused-ring (bicyclic) bond motifs is 2. The van der Waals surface area contributed by atoms with Crippen molar-refractivity contribution in [2.45, 2.75) is 25.9 Å². The maximum Gasteiger partial charge on any atom is 0.327 e. The van der Waals surface area contributed by atoms with Crippen LogP contribution in [0.5, 0.6) is 0 Å². The van der Waals surface area contributed by atoms with Gasteiger partial charge >= 0.3 is 5.97 Å². The van der Waals surface area contributed by atoms with Gasteiger partial charge in [-0.2, -0.15) is 0 Å². The first-order valence-corrected chi connectivity index (χ1v) is 7.80. The summed E-state index contributed by atoms with van der Waals surface area (Å²) >= 11 is 0. The van der Waals surface area contributed by atoms with Crippen molar-refractivity contribution in [3.63, 3.8) is 0 Å². The van der Waals surface area contributed by atoms with Crippen LogP contribution in [-0.4, -0.2) is 37.5 Å². The highest BCUT2D eigenvalue weighted by atomic mass is 19.1. The highest BCUT2D eigenvalue weighted by Crippen LogP contribution is 2.31. The standard InChI is InChI=1S/C17H17FN4O2/c1-9-11-6-10(18)2-3-12(11)21-14(9)7-22-5-4-13-15(20-8-19-13)16(22)17(23)24/h2-3,6,8,16,21H,4-5,7H2,1H3,(H,19,20)(H,23,24). The number of carboxylic acids is 1. The maximum atomic E-state index is 13.5. The van der Waals surface area contributed by atoms with Crippen molar-refractivity contribution in [2.75, 3.05) is 6.54 Å². The molecule has 3 aromatic rings. The molecule has 3 N–H and O–H groups in total. The van der Waals surface area contributed by atoms with Crippen LogP contribution in [0.2, 0.25) is 0 Å². The van der Waals surface area contributed by atoms with E-state index in [0.717, 1.165) is 34.3 Å². The Morgan fingerprint density at radius 1 is 1.50 bits per heavy atom. The van der Waals surface area contributed by atoms with Crippen LogP contribution in [0.1, 0.15) is 28.7 Å². The van der Waals surface area contributed by atoms with Crippen LogP contribution in [-0.2, 0) is 17.8 Å². The van der Waals surface area contributed by atoms with E-state index in [0.29, 0.717) is 18.8 Å². The number of H-pyrrole nitrogens is 2. The number of aromatic amines is 2. The molecule has 7 heteroatoms. The van der Waals surface area contributed by atoms with Gasteiger partial charge in [-0.1, -0.05) is 0 Å². The maximum absolute atomic E-state index is 13.5. The number of nitrogens with one attached hydrogen (secondary N) is 2. The Morgan fingerprint density at radius 3 is 3.12 bits per heavy atom. The van der Waals surface area contributed by atoms with Crippen molar-refractivity contribution in [1.82, 2.24) is 19.9 Å². The molecule has 0 radical (unpaired) electrons.